The monoisotopic (exact) mass is 281 g/mol. The number of ether oxygens (including phenoxy) is 1. The van der Waals surface area contributed by atoms with Crippen LogP contribution < -0.4 is 10.5 Å². The highest BCUT2D eigenvalue weighted by Gasteiger charge is 2.13. The molecule has 0 saturated carbocycles. The molecule has 0 bridgehead atoms. The van der Waals surface area contributed by atoms with Crippen molar-refractivity contribution >= 4 is 15.9 Å². The molecule has 2 rings (SSSR count). The van der Waals surface area contributed by atoms with Gasteiger partial charge in [-0.15, -0.1) is 0 Å². The molecule has 0 atom stereocenters. The quantitative estimate of drug-likeness (QED) is 0.908. The molecule has 0 saturated heterocycles. The largest absolute Gasteiger partial charge is 0.496 e. The number of methoxy groups -OCH3 is 1. The number of rotatable bonds is 3. The van der Waals surface area contributed by atoms with Gasteiger partial charge in [0, 0.05) is 5.56 Å². The molecule has 0 aliphatic carbocycles. The second-order valence-electron chi connectivity index (χ2n) is 3.25. The van der Waals surface area contributed by atoms with E-state index in [4.69, 9.17) is 10.5 Å². The maximum atomic E-state index is 5.53. The Labute approximate surface area is 102 Å². The van der Waals surface area contributed by atoms with Crippen LogP contribution in [0.2, 0.25) is 0 Å². The van der Waals surface area contributed by atoms with E-state index < -0.39 is 0 Å². The van der Waals surface area contributed by atoms with Gasteiger partial charge in [0.15, 0.2) is 0 Å². The summed E-state index contributed by atoms with van der Waals surface area (Å²) in [6.07, 6.45) is 0. The maximum Gasteiger partial charge on any atom is 0.128 e. The minimum Gasteiger partial charge on any atom is -0.496 e. The molecule has 0 aliphatic rings. The number of nitrogens with two attached hydrogens (primary N) is 1. The molecule has 5 heteroatoms. The lowest BCUT2D eigenvalue weighted by atomic mass is 10.1. The SMILES string of the molecule is COc1ccccc1-c1nc(CN)[nH]c1Br. The van der Waals surface area contributed by atoms with Gasteiger partial charge in [0.1, 0.15) is 21.9 Å². The van der Waals surface area contributed by atoms with Crippen molar-refractivity contribution in [2.75, 3.05) is 7.11 Å². The average molecular weight is 282 g/mol. The van der Waals surface area contributed by atoms with E-state index in [0.29, 0.717) is 6.54 Å². The Bertz CT molecular complexity index is 496. The molecule has 2 aromatic rings. The van der Waals surface area contributed by atoms with Crippen molar-refractivity contribution in [3.63, 3.8) is 0 Å². The van der Waals surface area contributed by atoms with Gasteiger partial charge in [-0.1, -0.05) is 12.1 Å². The molecule has 84 valence electrons. The van der Waals surface area contributed by atoms with Gasteiger partial charge in [0.25, 0.3) is 0 Å². The number of imidazole rings is 1. The van der Waals surface area contributed by atoms with Crippen LogP contribution in [0.5, 0.6) is 5.75 Å². The van der Waals surface area contributed by atoms with E-state index >= 15 is 0 Å². The summed E-state index contributed by atoms with van der Waals surface area (Å²) in [5, 5.41) is 0. The van der Waals surface area contributed by atoms with Gasteiger partial charge in [0.2, 0.25) is 0 Å². The second-order valence-corrected chi connectivity index (χ2v) is 4.04. The van der Waals surface area contributed by atoms with Crippen LogP contribution in [0.3, 0.4) is 0 Å². The van der Waals surface area contributed by atoms with Crippen molar-refractivity contribution in [1.82, 2.24) is 9.97 Å². The molecule has 4 nitrogen and oxygen atoms in total. The van der Waals surface area contributed by atoms with Crippen molar-refractivity contribution in [1.29, 1.82) is 0 Å². The number of hydrogen-bond acceptors (Lipinski definition) is 3. The van der Waals surface area contributed by atoms with Crippen molar-refractivity contribution in [3.8, 4) is 17.0 Å². The van der Waals surface area contributed by atoms with Gasteiger partial charge in [-0.3, -0.25) is 0 Å². The second kappa shape index (κ2) is 4.67. The van der Waals surface area contributed by atoms with Gasteiger partial charge < -0.3 is 15.5 Å². The van der Waals surface area contributed by atoms with Crippen molar-refractivity contribution in [2.45, 2.75) is 6.54 Å². The summed E-state index contributed by atoms with van der Waals surface area (Å²) in [6.45, 7) is 0.383. The standard InChI is InChI=1S/C11H12BrN3O/c1-16-8-5-3-2-4-7(8)10-11(12)15-9(6-13)14-10/h2-5H,6,13H2,1H3,(H,14,15). The lowest BCUT2D eigenvalue weighted by Crippen LogP contribution is -1.98. The molecule has 0 unspecified atom stereocenters. The first-order chi connectivity index (χ1) is 7.76. The van der Waals surface area contributed by atoms with Crippen LogP contribution in [-0.2, 0) is 6.54 Å². The summed E-state index contributed by atoms with van der Waals surface area (Å²) in [5.74, 6) is 1.53. The first kappa shape index (κ1) is 11.2. The average Bonchev–Trinajstić information content (AvgIpc) is 2.70. The third kappa shape index (κ3) is 1.96. The van der Waals surface area contributed by atoms with Crippen LogP contribution in [0.4, 0.5) is 0 Å². The number of nitrogens with one attached hydrogen (secondary N) is 1. The zero-order chi connectivity index (χ0) is 11.5. The molecule has 0 amide bonds. The number of aromatic amines is 1. The van der Waals surface area contributed by atoms with Gasteiger partial charge in [-0.25, -0.2) is 4.98 Å². The van der Waals surface area contributed by atoms with E-state index in [9.17, 15) is 0 Å². The fourth-order valence-corrected chi connectivity index (χ4v) is 2.04. The lowest BCUT2D eigenvalue weighted by Gasteiger charge is -2.05. The summed E-state index contributed by atoms with van der Waals surface area (Å²) in [6, 6.07) is 7.73. The van der Waals surface area contributed by atoms with E-state index in [1.807, 2.05) is 24.3 Å². The molecule has 16 heavy (non-hydrogen) atoms. The van der Waals surface area contributed by atoms with Crippen LogP contribution >= 0.6 is 15.9 Å². The predicted octanol–water partition coefficient (Wildman–Crippen LogP) is 2.31. The van der Waals surface area contributed by atoms with Crippen molar-refractivity contribution < 1.29 is 4.74 Å². The summed E-state index contributed by atoms with van der Waals surface area (Å²) in [7, 11) is 1.64. The van der Waals surface area contributed by atoms with E-state index in [2.05, 4.69) is 25.9 Å². The highest BCUT2D eigenvalue weighted by Crippen LogP contribution is 2.32. The van der Waals surface area contributed by atoms with Gasteiger partial charge in [-0.05, 0) is 28.1 Å². The number of para-hydroxylation sites is 1. The van der Waals surface area contributed by atoms with Crippen molar-refractivity contribution in [3.05, 3.63) is 34.7 Å². The fraction of sp³-hybridized carbons (Fsp3) is 0.182. The van der Waals surface area contributed by atoms with Crippen LogP contribution in [0.1, 0.15) is 5.82 Å². The van der Waals surface area contributed by atoms with Crippen LogP contribution in [0.25, 0.3) is 11.3 Å². The highest BCUT2D eigenvalue weighted by atomic mass is 79.9. The van der Waals surface area contributed by atoms with Crippen LogP contribution in [0, 0.1) is 0 Å². The number of halogens is 1. The summed E-state index contributed by atoms with van der Waals surface area (Å²) in [5.41, 5.74) is 7.29. The first-order valence-electron chi connectivity index (χ1n) is 4.84. The summed E-state index contributed by atoms with van der Waals surface area (Å²) >= 11 is 3.43. The molecular weight excluding hydrogens is 270 g/mol. The maximum absolute atomic E-state index is 5.53. The van der Waals surface area contributed by atoms with Gasteiger partial charge in [0.05, 0.1) is 13.7 Å². The Kier molecular flexibility index (Phi) is 3.26. The number of nitrogens with zero attached hydrogens (tertiary/aromatic N) is 1. The molecule has 0 fully saturated rings. The third-order valence-corrected chi connectivity index (χ3v) is 2.84. The zero-order valence-corrected chi connectivity index (χ0v) is 10.4. The molecule has 1 aromatic heterocycles. The predicted molar refractivity (Wildman–Crippen MR) is 66.2 cm³/mol. The van der Waals surface area contributed by atoms with E-state index in [1.165, 1.54) is 0 Å². The number of H-pyrrole nitrogens is 1. The molecule has 1 heterocycles. The van der Waals surface area contributed by atoms with Gasteiger partial charge in [-0.2, -0.15) is 0 Å². The van der Waals surface area contributed by atoms with Crippen LogP contribution in [-0.4, -0.2) is 17.1 Å². The minimum absolute atomic E-state index is 0.383. The minimum atomic E-state index is 0.383. The summed E-state index contributed by atoms with van der Waals surface area (Å²) < 4.78 is 6.11. The smallest absolute Gasteiger partial charge is 0.128 e. The Morgan fingerprint density at radius 3 is 2.81 bits per heavy atom. The summed E-state index contributed by atoms with van der Waals surface area (Å²) in [4.78, 5) is 7.47. The molecular formula is C11H12BrN3O. The first-order valence-corrected chi connectivity index (χ1v) is 5.63. The number of hydrogen-bond donors (Lipinski definition) is 2. The highest BCUT2D eigenvalue weighted by molar-refractivity contribution is 9.10. The molecule has 0 spiro atoms. The molecule has 1 aromatic carbocycles. The Hall–Kier alpha value is -1.33. The van der Waals surface area contributed by atoms with E-state index in [1.54, 1.807) is 7.11 Å². The third-order valence-electron chi connectivity index (χ3n) is 2.26. The topological polar surface area (TPSA) is 63.9 Å². The van der Waals surface area contributed by atoms with Crippen molar-refractivity contribution in [2.24, 2.45) is 5.73 Å². The zero-order valence-electron chi connectivity index (χ0n) is 8.83. The van der Waals surface area contributed by atoms with E-state index in [-0.39, 0.29) is 0 Å². The fourth-order valence-electron chi connectivity index (χ4n) is 1.51. The normalized spacial score (nSPS) is 10.4. The van der Waals surface area contributed by atoms with E-state index in [0.717, 1.165) is 27.4 Å². The van der Waals surface area contributed by atoms with Gasteiger partial charge >= 0.3 is 0 Å². The molecule has 0 aliphatic heterocycles. The Morgan fingerprint density at radius 1 is 1.44 bits per heavy atom. The Morgan fingerprint density at radius 2 is 2.19 bits per heavy atom. The number of aromatic nitrogens is 2. The lowest BCUT2D eigenvalue weighted by molar-refractivity contribution is 0.416. The molecule has 0 radical (unpaired) electrons. The van der Waals surface area contributed by atoms with Crippen LogP contribution in [0.15, 0.2) is 28.9 Å². The number of benzene rings is 1. The Balaban J connectivity index is 2.53. The molecule has 3 N–H and O–H groups in total.